The topological polar surface area (TPSA) is 70.1 Å². The molecule has 1 aromatic heterocycles. The molecule has 2 aromatic rings. The van der Waals surface area contributed by atoms with Crippen molar-refractivity contribution >= 4 is 22.8 Å². The van der Waals surface area contributed by atoms with Gasteiger partial charge in [-0.25, -0.2) is 0 Å². The molecule has 28 heavy (non-hydrogen) atoms. The average molecular weight is 390 g/mol. The minimum Gasteiger partial charge on any atom is -0.384 e. The number of carbonyl (C=O) groups is 1. The Hall–Kier alpha value is -2.84. The van der Waals surface area contributed by atoms with Crippen LogP contribution in [0.1, 0.15) is 47.4 Å². The molecule has 0 amide bonds. The molecule has 4 rings (SSSR count). The lowest BCUT2D eigenvalue weighted by atomic mass is 9.78. The Labute approximate surface area is 169 Å². The molecule has 5 heteroatoms. The van der Waals surface area contributed by atoms with Crippen molar-refractivity contribution in [2.45, 2.75) is 45.4 Å². The van der Waals surface area contributed by atoms with Crippen LogP contribution in [0.5, 0.6) is 0 Å². The van der Waals surface area contributed by atoms with Crippen molar-refractivity contribution in [2.75, 3.05) is 4.90 Å². The van der Waals surface area contributed by atoms with Gasteiger partial charge in [0, 0.05) is 27.4 Å². The summed E-state index contributed by atoms with van der Waals surface area (Å²) in [5.74, 6) is 0.233. The first-order chi connectivity index (χ1) is 13.6. The van der Waals surface area contributed by atoms with Crippen LogP contribution in [-0.4, -0.2) is 5.78 Å². The molecule has 0 radical (unpaired) electrons. The molecular formula is C23H23N3OS. The second-order valence-electron chi connectivity index (χ2n) is 7.26. The van der Waals surface area contributed by atoms with Gasteiger partial charge in [-0.05, 0) is 49.9 Å². The number of nitrogens with zero attached hydrogens (tertiary/aromatic N) is 2. The zero-order valence-electron chi connectivity index (χ0n) is 16.2. The maximum absolute atomic E-state index is 13.1. The second-order valence-corrected chi connectivity index (χ2v) is 8.46. The molecule has 0 fully saturated rings. The fourth-order valence-corrected chi connectivity index (χ4v) is 5.27. The summed E-state index contributed by atoms with van der Waals surface area (Å²) in [5.41, 5.74) is 10.8. The quantitative estimate of drug-likeness (QED) is 0.808. The Morgan fingerprint density at radius 1 is 1.25 bits per heavy atom. The third-order valence-electron chi connectivity index (χ3n) is 5.59. The van der Waals surface area contributed by atoms with Crippen LogP contribution >= 0.6 is 11.3 Å². The Bertz CT molecular complexity index is 1050. The van der Waals surface area contributed by atoms with Crippen LogP contribution in [0.25, 0.3) is 0 Å². The molecule has 1 aliphatic heterocycles. The monoisotopic (exact) mass is 389 g/mol. The average Bonchev–Trinajstić information content (AvgIpc) is 3.17. The number of nitriles is 1. The number of nitrogens with two attached hydrogens (primary N) is 1. The maximum atomic E-state index is 13.1. The highest BCUT2D eigenvalue weighted by molar-refractivity contribution is 7.12. The van der Waals surface area contributed by atoms with E-state index >= 15 is 0 Å². The van der Waals surface area contributed by atoms with Gasteiger partial charge >= 0.3 is 0 Å². The smallest absolute Gasteiger partial charge is 0.161 e. The van der Waals surface area contributed by atoms with Crippen molar-refractivity contribution in [2.24, 2.45) is 5.73 Å². The van der Waals surface area contributed by atoms with E-state index in [0.717, 1.165) is 46.7 Å². The minimum absolute atomic E-state index is 0.136. The number of benzene rings is 1. The van der Waals surface area contributed by atoms with E-state index in [-0.39, 0.29) is 11.7 Å². The third kappa shape index (κ3) is 2.85. The van der Waals surface area contributed by atoms with Crippen LogP contribution in [0.15, 0.2) is 59.1 Å². The van der Waals surface area contributed by atoms with Crippen molar-refractivity contribution in [3.05, 3.63) is 74.4 Å². The number of hydrogen-bond donors (Lipinski definition) is 1. The molecule has 0 spiro atoms. The van der Waals surface area contributed by atoms with E-state index in [0.29, 0.717) is 17.8 Å². The molecule has 142 valence electrons. The van der Waals surface area contributed by atoms with E-state index in [4.69, 9.17) is 5.73 Å². The Morgan fingerprint density at radius 3 is 2.71 bits per heavy atom. The number of anilines is 1. The second kappa shape index (κ2) is 7.29. The number of allylic oxidation sites excluding steroid dienone is 3. The Kier molecular flexibility index (Phi) is 4.82. The first-order valence-electron chi connectivity index (χ1n) is 9.67. The van der Waals surface area contributed by atoms with Gasteiger partial charge < -0.3 is 5.73 Å². The van der Waals surface area contributed by atoms with Crippen LogP contribution in [0.2, 0.25) is 0 Å². The van der Waals surface area contributed by atoms with Gasteiger partial charge in [-0.3, -0.25) is 9.69 Å². The Balaban J connectivity index is 1.97. The molecule has 4 nitrogen and oxygen atoms in total. The fraction of sp³-hybridized carbons (Fsp3) is 0.304. The van der Waals surface area contributed by atoms with Crippen molar-refractivity contribution in [1.29, 1.82) is 5.26 Å². The molecule has 2 aliphatic rings. The number of hydrogen-bond acceptors (Lipinski definition) is 5. The summed E-state index contributed by atoms with van der Waals surface area (Å²) in [4.78, 5) is 17.3. The van der Waals surface area contributed by atoms with E-state index in [1.54, 1.807) is 11.3 Å². The molecule has 1 unspecified atom stereocenters. The summed E-state index contributed by atoms with van der Waals surface area (Å²) in [5, 5.41) is 10.0. The maximum Gasteiger partial charge on any atom is 0.161 e. The van der Waals surface area contributed by atoms with Gasteiger partial charge in [0.15, 0.2) is 5.78 Å². The molecule has 1 atom stereocenters. The van der Waals surface area contributed by atoms with E-state index in [2.05, 4.69) is 25.1 Å². The summed E-state index contributed by atoms with van der Waals surface area (Å²) in [6.45, 7) is 4.14. The molecule has 2 heterocycles. The summed E-state index contributed by atoms with van der Waals surface area (Å²) < 4.78 is 0. The molecule has 1 aliphatic carbocycles. The van der Waals surface area contributed by atoms with Crippen LogP contribution in [-0.2, 0) is 11.2 Å². The summed E-state index contributed by atoms with van der Waals surface area (Å²) in [7, 11) is 0. The number of rotatable bonds is 3. The predicted octanol–water partition coefficient (Wildman–Crippen LogP) is 4.92. The molecule has 0 bridgehead atoms. The van der Waals surface area contributed by atoms with Crippen LogP contribution in [0, 0.1) is 18.3 Å². The molecule has 2 N–H and O–H groups in total. The third-order valence-corrected chi connectivity index (χ3v) is 6.88. The highest BCUT2D eigenvalue weighted by atomic mass is 32.1. The van der Waals surface area contributed by atoms with Crippen LogP contribution in [0.4, 0.5) is 5.69 Å². The Morgan fingerprint density at radius 2 is 2.04 bits per heavy atom. The summed E-state index contributed by atoms with van der Waals surface area (Å²) >= 11 is 1.67. The molecule has 1 aromatic carbocycles. The van der Waals surface area contributed by atoms with Crippen molar-refractivity contribution in [1.82, 2.24) is 0 Å². The zero-order valence-corrected chi connectivity index (χ0v) is 17.0. The van der Waals surface area contributed by atoms with Gasteiger partial charge in [-0.15, -0.1) is 11.3 Å². The van der Waals surface area contributed by atoms with Gasteiger partial charge in [-0.1, -0.05) is 25.1 Å². The first kappa shape index (κ1) is 18.5. The number of ketones is 1. The lowest BCUT2D eigenvalue weighted by Gasteiger charge is -2.39. The highest BCUT2D eigenvalue weighted by Crippen LogP contribution is 2.48. The van der Waals surface area contributed by atoms with E-state index < -0.39 is 0 Å². The van der Waals surface area contributed by atoms with Gasteiger partial charge in [0.05, 0.1) is 23.2 Å². The number of para-hydroxylation sites is 1. The number of Topliss-reactive ketones (excluding diaryl/α,β-unsaturated/α-hetero) is 1. The van der Waals surface area contributed by atoms with Gasteiger partial charge in [0.2, 0.25) is 0 Å². The molecular weight excluding hydrogens is 366 g/mol. The van der Waals surface area contributed by atoms with Crippen LogP contribution in [0.3, 0.4) is 0 Å². The number of carbonyl (C=O) groups excluding carboxylic acids is 1. The van der Waals surface area contributed by atoms with E-state index in [1.807, 2.05) is 36.1 Å². The first-order valence-corrected chi connectivity index (χ1v) is 10.5. The normalized spacial score (nSPS) is 19.7. The lowest BCUT2D eigenvalue weighted by molar-refractivity contribution is -0.116. The van der Waals surface area contributed by atoms with E-state index in [9.17, 15) is 10.1 Å². The summed E-state index contributed by atoms with van der Waals surface area (Å²) in [6, 6.07) is 14.4. The standard InChI is InChI=1S/C23H23N3OS/c1-3-15-11-12-20(28-15)21-16(13-24)23(25)26(17-8-5-4-7-14(17)2)18-9-6-10-19(27)22(18)21/h4-5,7-8,11-12,21H,3,6,9-10,25H2,1-2H3. The minimum atomic E-state index is -0.349. The number of thiophene rings is 1. The van der Waals surface area contributed by atoms with Crippen molar-refractivity contribution in [3.8, 4) is 6.07 Å². The lowest BCUT2D eigenvalue weighted by Crippen LogP contribution is -2.38. The molecule has 0 saturated heterocycles. The van der Waals surface area contributed by atoms with Crippen molar-refractivity contribution < 1.29 is 4.79 Å². The fourth-order valence-electron chi connectivity index (χ4n) is 4.20. The number of aryl methyl sites for hydroxylation is 2. The largest absolute Gasteiger partial charge is 0.384 e. The molecule has 0 saturated carbocycles. The van der Waals surface area contributed by atoms with Gasteiger partial charge in [0.1, 0.15) is 5.82 Å². The zero-order chi connectivity index (χ0) is 19.8. The van der Waals surface area contributed by atoms with Crippen molar-refractivity contribution in [3.63, 3.8) is 0 Å². The van der Waals surface area contributed by atoms with E-state index in [1.165, 1.54) is 4.88 Å². The predicted molar refractivity (Wildman–Crippen MR) is 113 cm³/mol. The highest BCUT2D eigenvalue weighted by Gasteiger charge is 2.41. The van der Waals surface area contributed by atoms with Crippen LogP contribution < -0.4 is 10.6 Å². The van der Waals surface area contributed by atoms with Gasteiger partial charge in [-0.2, -0.15) is 5.26 Å². The SMILES string of the molecule is CCc1ccc(C2C(C#N)=C(N)N(c3ccccc3C)C3=C2C(=O)CCC3)s1. The summed E-state index contributed by atoms with van der Waals surface area (Å²) in [6.07, 6.45) is 3.07. The van der Waals surface area contributed by atoms with Gasteiger partial charge in [0.25, 0.3) is 0 Å².